The van der Waals surface area contributed by atoms with E-state index in [0.29, 0.717) is 12.0 Å². The first-order chi connectivity index (χ1) is 7.19. The molecule has 1 rings (SSSR count). The van der Waals surface area contributed by atoms with Crippen molar-refractivity contribution in [2.75, 3.05) is 13.2 Å². The Morgan fingerprint density at radius 3 is 2.33 bits per heavy atom. The van der Waals surface area contributed by atoms with Gasteiger partial charge in [0.2, 0.25) is 0 Å². The van der Waals surface area contributed by atoms with E-state index in [4.69, 9.17) is 10.2 Å². The maximum absolute atomic E-state index is 11.6. The van der Waals surface area contributed by atoms with Crippen molar-refractivity contribution in [1.82, 2.24) is 0 Å². The highest BCUT2D eigenvalue weighted by molar-refractivity contribution is 5.97. The SMILES string of the molecule is CC(CO)C(=O)c1ccc(CCO)cc1. The lowest BCUT2D eigenvalue weighted by Gasteiger charge is -2.07. The molecule has 0 aliphatic carbocycles. The Bertz CT molecular complexity index is 316. The first kappa shape index (κ1) is 11.9. The number of aliphatic hydroxyl groups is 2. The molecule has 82 valence electrons. The normalized spacial score (nSPS) is 12.5. The van der Waals surface area contributed by atoms with Gasteiger partial charge in [0.1, 0.15) is 0 Å². The van der Waals surface area contributed by atoms with Crippen molar-refractivity contribution in [1.29, 1.82) is 0 Å². The molecule has 0 aromatic heterocycles. The average molecular weight is 208 g/mol. The highest BCUT2D eigenvalue weighted by Gasteiger charge is 2.13. The van der Waals surface area contributed by atoms with Crippen molar-refractivity contribution >= 4 is 5.78 Å². The van der Waals surface area contributed by atoms with Crippen LogP contribution in [0, 0.1) is 5.92 Å². The fourth-order valence-electron chi connectivity index (χ4n) is 1.33. The maximum Gasteiger partial charge on any atom is 0.167 e. The minimum Gasteiger partial charge on any atom is -0.396 e. The summed E-state index contributed by atoms with van der Waals surface area (Å²) in [4.78, 5) is 11.6. The third-order valence-electron chi connectivity index (χ3n) is 2.36. The van der Waals surface area contributed by atoms with Crippen LogP contribution in [0.3, 0.4) is 0 Å². The topological polar surface area (TPSA) is 57.5 Å². The molecule has 0 saturated heterocycles. The molecule has 0 aliphatic heterocycles. The van der Waals surface area contributed by atoms with Crippen LogP contribution in [0.2, 0.25) is 0 Å². The van der Waals surface area contributed by atoms with Crippen LogP contribution < -0.4 is 0 Å². The zero-order valence-corrected chi connectivity index (χ0v) is 8.81. The van der Waals surface area contributed by atoms with E-state index < -0.39 is 0 Å². The lowest BCUT2D eigenvalue weighted by Crippen LogP contribution is -2.14. The molecule has 1 atom stereocenters. The summed E-state index contributed by atoms with van der Waals surface area (Å²) in [5, 5.41) is 17.6. The molecule has 0 heterocycles. The van der Waals surface area contributed by atoms with E-state index in [2.05, 4.69) is 0 Å². The second kappa shape index (κ2) is 5.63. The minimum atomic E-state index is -0.353. The molecule has 1 unspecified atom stereocenters. The Labute approximate surface area is 89.4 Å². The van der Waals surface area contributed by atoms with Gasteiger partial charge >= 0.3 is 0 Å². The van der Waals surface area contributed by atoms with Gasteiger partial charge in [0, 0.05) is 18.1 Å². The number of hydrogen-bond donors (Lipinski definition) is 2. The third kappa shape index (κ3) is 3.15. The summed E-state index contributed by atoms with van der Waals surface area (Å²) >= 11 is 0. The van der Waals surface area contributed by atoms with Crippen LogP contribution in [0.25, 0.3) is 0 Å². The molecule has 0 bridgehead atoms. The van der Waals surface area contributed by atoms with Gasteiger partial charge in [-0.2, -0.15) is 0 Å². The van der Waals surface area contributed by atoms with Gasteiger partial charge in [-0.15, -0.1) is 0 Å². The van der Waals surface area contributed by atoms with Crippen molar-refractivity contribution in [2.24, 2.45) is 5.92 Å². The third-order valence-corrected chi connectivity index (χ3v) is 2.36. The smallest absolute Gasteiger partial charge is 0.167 e. The Morgan fingerprint density at radius 1 is 1.27 bits per heavy atom. The summed E-state index contributed by atoms with van der Waals surface area (Å²) in [6, 6.07) is 7.13. The molecule has 0 radical (unpaired) electrons. The Kier molecular flexibility index (Phi) is 4.46. The summed E-state index contributed by atoms with van der Waals surface area (Å²) in [7, 11) is 0. The summed E-state index contributed by atoms with van der Waals surface area (Å²) in [6.45, 7) is 1.68. The van der Waals surface area contributed by atoms with Crippen molar-refractivity contribution in [3.05, 3.63) is 35.4 Å². The predicted molar refractivity (Wildman–Crippen MR) is 57.8 cm³/mol. The minimum absolute atomic E-state index is 0.0481. The summed E-state index contributed by atoms with van der Waals surface area (Å²) in [5.74, 6) is -0.401. The Hall–Kier alpha value is -1.19. The van der Waals surface area contributed by atoms with Crippen LogP contribution in [0.5, 0.6) is 0 Å². The number of Topliss-reactive ketones (excluding diaryl/α,β-unsaturated/α-hetero) is 1. The van der Waals surface area contributed by atoms with Gasteiger partial charge < -0.3 is 10.2 Å². The summed E-state index contributed by atoms with van der Waals surface area (Å²) in [6.07, 6.45) is 0.601. The van der Waals surface area contributed by atoms with E-state index in [1.165, 1.54) is 0 Å². The largest absolute Gasteiger partial charge is 0.396 e. The van der Waals surface area contributed by atoms with Crippen molar-refractivity contribution < 1.29 is 15.0 Å². The van der Waals surface area contributed by atoms with E-state index in [-0.39, 0.29) is 24.9 Å². The van der Waals surface area contributed by atoms with Gasteiger partial charge in [-0.1, -0.05) is 31.2 Å². The maximum atomic E-state index is 11.6. The lowest BCUT2D eigenvalue weighted by atomic mass is 9.99. The molecule has 0 fully saturated rings. The highest BCUT2D eigenvalue weighted by atomic mass is 16.3. The van der Waals surface area contributed by atoms with E-state index in [0.717, 1.165) is 5.56 Å². The number of hydrogen-bond acceptors (Lipinski definition) is 3. The second-order valence-corrected chi connectivity index (χ2v) is 3.62. The molecule has 0 aliphatic rings. The van der Waals surface area contributed by atoms with Crippen LogP contribution in [-0.4, -0.2) is 29.2 Å². The van der Waals surface area contributed by atoms with Gasteiger partial charge in [-0.05, 0) is 12.0 Å². The molecule has 0 spiro atoms. The monoisotopic (exact) mass is 208 g/mol. The molecule has 3 nitrogen and oxygen atoms in total. The van der Waals surface area contributed by atoms with E-state index in [1.54, 1.807) is 19.1 Å². The van der Waals surface area contributed by atoms with Crippen molar-refractivity contribution in [3.63, 3.8) is 0 Å². The molecule has 3 heteroatoms. The molecular formula is C12H16O3. The zero-order valence-electron chi connectivity index (χ0n) is 8.81. The van der Waals surface area contributed by atoms with Crippen molar-refractivity contribution in [2.45, 2.75) is 13.3 Å². The molecule has 2 N–H and O–H groups in total. The molecule has 0 saturated carbocycles. The molecule has 1 aromatic rings. The first-order valence-electron chi connectivity index (χ1n) is 5.04. The predicted octanol–water partition coefficient (Wildman–Crippen LogP) is 1.03. The van der Waals surface area contributed by atoms with Crippen LogP contribution in [-0.2, 0) is 6.42 Å². The summed E-state index contributed by atoms with van der Waals surface area (Å²) in [5.41, 5.74) is 1.61. The number of aliphatic hydroxyl groups excluding tert-OH is 2. The highest BCUT2D eigenvalue weighted by Crippen LogP contribution is 2.10. The quantitative estimate of drug-likeness (QED) is 0.711. The van der Waals surface area contributed by atoms with E-state index in [9.17, 15) is 4.79 Å². The number of rotatable bonds is 5. The molecule has 1 aromatic carbocycles. The van der Waals surface area contributed by atoms with E-state index >= 15 is 0 Å². The summed E-state index contributed by atoms with van der Waals surface area (Å²) < 4.78 is 0. The fourth-order valence-corrected chi connectivity index (χ4v) is 1.33. The number of benzene rings is 1. The number of carbonyl (C=O) groups excluding carboxylic acids is 1. The Morgan fingerprint density at radius 2 is 1.87 bits per heavy atom. The molecular weight excluding hydrogens is 192 g/mol. The Balaban J connectivity index is 2.75. The fraction of sp³-hybridized carbons (Fsp3) is 0.417. The number of carbonyl (C=O) groups is 1. The zero-order chi connectivity index (χ0) is 11.3. The van der Waals surface area contributed by atoms with Gasteiger partial charge in [0.05, 0.1) is 6.61 Å². The van der Waals surface area contributed by atoms with Crippen LogP contribution >= 0.6 is 0 Å². The second-order valence-electron chi connectivity index (χ2n) is 3.62. The van der Waals surface area contributed by atoms with Gasteiger partial charge in [-0.25, -0.2) is 0 Å². The van der Waals surface area contributed by atoms with Crippen LogP contribution in [0.4, 0.5) is 0 Å². The van der Waals surface area contributed by atoms with Gasteiger partial charge in [0.15, 0.2) is 5.78 Å². The van der Waals surface area contributed by atoms with Gasteiger partial charge in [0.25, 0.3) is 0 Å². The van der Waals surface area contributed by atoms with Crippen molar-refractivity contribution in [3.8, 4) is 0 Å². The molecule has 15 heavy (non-hydrogen) atoms. The van der Waals surface area contributed by atoms with E-state index in [1.807, 2.05) is 12.1 Å². The number of ketones is 1. The van der Waals surface area contributed by atoms with Crippen LogP contribution in [0.1, 0.15) is 22.8 Å². The van der Waals surface area contributed by atoms with Crippen LogP contribution in [0.15, 0.2) is 24.3 Å². The molecule has 0 amide bonds. The van der Waals surface area contributed by atoms with Gasteiger partial charge in [-0.3, -0.25) is 4.79 Å². The standard InChI is InChI=1S/C12H16O3/c1-9(8-14)12(15)11-4-2-10(3-5-11)6-7-13/h2-5,9,13-14H,6-8H2,1H3. The first-order valence-corrected chi connectivity index (χ1v) is 5.04. The average Bonchev–Trinajstić information content (AvgIpc) is 2.28. The lowest BCUT2D eigenvalue weighted by molar-refractivity contribution is 0.0877.